The number of amides is 2. The molecule has 2 N–H and O–H groups in total. The monoisotopic (exact) mass is 393 g/mol. The largest absolute Gasteiger partial charge is 0.471 e. The van der Waals surface area contributed by atoms with Crippen LogP contribution in [0.15, 0.2) is 18.2 Å². The molecule has 1 aromatic rings. The van der Waals surface area contributed by atoms with Crippen molar-refractivity contribution in [2.24, 2.45) is 0 Å². The first kappa shape index (κ1) is 21.9. The highest BCUT2D eigenvalue weighted by Gasteiger charge is 2.39. The predicted molar refractivity (Wildman–Crippen MR) is 88.1 cm³/mol. The van der Waals surface area contributed by atoms with Crippen molar-refractivity contribution in [2.45, 2.75) is 32.5 Å². The van der Waals surface area contributed by atoms with Crippen molar-refractivity contribution in [3.63, 3.8) is 0 Å². The highest BCUT2D eigenvalue weighted by molar-refractivity contribution is 6.00. The molecule has 2 amide bonds. The number of benzene rings is 1. The molecule has 0 aliphatic heterocycles. The molecule has 12 heteroatoms. The van der Waals surface area contributed by atoms with Gasteiger partial charge in [0.05, 0.1) is 4.92 Å². The van der Waals surface area contributed by atoms with E-state index in [9.17, 15) is 37.7 Å². The molecular formula is C15H18F3N3O6. The van der Waals surface area contributed by atoms with Crippen LogP contribution in [0.25, 0.3) is 0 Å². The maximum Gasteiger partial charge on any atom is 0.471 e. The van der Waals surface area contributed by atoms with Gasteiger partial charge < -0.3 is 15.4 Å². The molecule has 0 unspecified atom stereocenters. The van der Waals surface area contributed by atoms with Crippen LogP contribution >= 0.6 is 0 Å². The van der Waals surface area contributed by atoms with Crippen LogP contribution in [0.4, 0.5) is 24.5 Å². The number of anilines is 1. The van der Waals surface area contributed by atoms with Crippen molar-refractivity contribution >= 4 is 29.2 Å². The summed E-state index contributed by atoms with van der Waals surface area (Å²) in [5, 5.41) is 14.5. The normalized spacial score (nSPS) is 11.5. The number of non-ortho nitro benzene ring substituents is 1. The molecule has 0 heterocycles. The number of nitrogens with one attached hydrogen (secondary N) is 2. The third-order valence-corrected chi connectivity index (χ3v) is 2.72. The van der Waals surface area contributed by atoms with Crippen LogP contribution in [-0.2, 0) is 14.3 Å². The molecule has 0 spiro atoms. The van der Waals surface area contributed by atoms with E-state index in [0.717, 1.165) is 12.1 Å². The molecule has 0 aliphatic rings. The van der Waals surface area contributed by atoms with Crippen LogP contribution < -0.4 is 10.6 Å². The third-order valence-electron chi connectivity index (χ3n) is 2.72. The molecule has 150 valence electrons. The molecule has 0 aliphatic carbocycles. The molecule has 0 saturated carbocycles. The highest BCUT2D eigenvalue weighted by Crippen LogP contribution is 2.24. The van der Waals surface area contributed by atoms with Crippen molar-refractivity contribution in [2.75, 3.05) is 11.9 Å². The number of halogens is 3. The number of carbonyl (C=O) groups excluding carboxylic acids is 3. The van der Waals surface area contributed by atoms with Gasteiger partial charge in [-0.05, 0) is 26.8 Å². The van der Waals surface area contributed by atoms with Crippen molar-refractivity contribution in [1.29, 1.82) is 0 Å². The third kappa shape index (κ3) is 7.30. The molecule has 0 atom stereocenters. The molecule has 1 rings (SSSR count). The van der Waals surface area contributed by atoms with E-state index in [0.29, 0.717) is 6.07 Å². The van der Waals surface area contributed by atoms with Crippen LogP contribution in [0.3, 0.4) is 0 Å². The number of alkyl halides is 3. The summed E-state index contributed by atoms with van der Waals surface area (Å²) >= 11 is 0. The lowest BCUT2D eigenvalue weighted by Gasteiger charge is -2.19. The first-order valence-corrected chi connectivity index (χ1v) is 7.37. The van der Waals surface area contributed by atoms with Gasteiger partial charge in [0.15, 0.2) is 0 Å². The molecule has 0 bridgehead atoms. The average molecular weight is 393 g/mol. The molecule has 27 heavy (non-hydrogen) atoms. The first-order valence-electron chi connectivity index (χ1n) is 7.37. The molecule has 1 aromatic carbocycles. The van der Waals surface area contributed by atoms with Gasteiger partial charge in [-0.15, -0.1) is 0 Å². The Morgan fingerprint density at radius 1 is 1.19 bits per heavy atom. The standard InChI is InChI=1S/C15H16F3N3O6.H2/c1-14(2,3)27-11(22)7-19-12(23)8-4-9(6-10(5-8)21(25)26)20-13(24)15(16,17)18;/h4-6H,7H2,1-3H3,(H,19,23)(H,20,24);1H. The summed E-state index contributed by atoms with van der Waals surface area (Å²) < 4.78 is 41.9. The van der Waals surface area contributed by atoms with Crippen LogP contribution in [0.2, 0.25) is 0 Å². The lowest BCUT2D eigenvalue weighted by atomic mass is 10.1. The number of rotatable bonds is 5. The van der Waals surface area contributed by atoms with Gasteiger partial charge in [0, 0.05) is 24.8 Å². The topological polar surface area (TPSA) is 128 Å². The molecule has 0 aromatic heterocycles. The molecule has 0 saturated heterocycles. The van der Waals surface area contributed by atoms with E-state index in [2.05, 4.69) is 5.32 Å². The fourth-order valence-electron chi connectivity index (χ4n) is 1.75. The number of ether oxygens (including phenoxy) is 1. The van der Waals surface area contributed by atoms with Crippen molar-refractivity contribution in [3.05, 3.63) is 33.9 Å². The fraction of sp³-hybridized carbons (Fsp3) is 0.400. The summed E-state index contributed by atoms with van der Waals surface area (Å²) in [6.45, 7) is 4.23. The maximum absolute atomic E-state index is 12.3. The number of nitrogens with zero attached hydrogens (tertiary/aromatic N) is 1. The predicted octanol–water partition coefficient (Wildman–Crippen LogP) is 2.41. The Morgan fingerprint density at radius 2 is 1.78 bits per heavy atom. The Balaban J connectivity index is 0.00000729. The van der Waals surface area contributed by atoms with Gasteiger partial charge in [0.2, 0.25) is 0 Å². The zero-order valence-corrected chi connectivity index (χ0v) is 14.5. The van der Waals surface area contributed by atoms with Crippen molar-refractivity contribution < 1.29 is 38.6 Å². The van der Waals surface area contributed by atoms with E-state index in [-0.39, 0.29) is 1.43 Å². The second-order valence-electron chi connectivity index (χ2n) is 6.25. The Labute approximate surface area is 152 Å². The van der Waals surface area contributed by atoms with Crippen molar-refractivity contribution in [1.82, 2.24) is 5.32 Å². The summed E-state index contributed by atoms with van der Waals surface area (Å²) in [5.74, 6) is -4.12. The smallest absolute Gasteiger partial charge is 0.459 e. The Morgan fingerprint density at radius 3 is 2.26 bits per heavy atom. The van der Waals surface area contributed by atoms with E-state index < -0.39 is 58.0 Å². The highest BCUT2D eigenvalue weighted by atomic mass is 19.4. The summed E-state index contributed by atoms with van der Waals surface area (Å²) in [4.78, 5) is 44.5. The molecule has 9 nitrogen and oxygen atoms in total. The van der Waals surface area contributed by atoms with E-state index in [1.807, 2.05) is 0 Å². The maximum atomic E-state index is 12.3. The van der Waals surface area contributed by atoms with Crippen LogP contribution in [-0.4, -0.2) is 41.0 Å². The molecule has 0 fully saturated rings. The van der Waals surface area contributed by atoms with Gasteiger partial charge >= 0.3 is 18.1 Å². The minimum Gasteiger partial charge on any atom is -0.459 e. The Hall–Kier alpha value is -3.18. The van der Waals surface area contributed by atoms with Crippen LogP contribution in [0.1, 0.15) is 32.6 Å². The van der Waals surface area contributed by atoms with Gasteiger partial charge in [-0.2, -0.15) is 13.2 Å². The van der Waals surface area contributed by atoms with Crippen LogP contribution in [0, 0.1) is 10.1 Å². The Kier molecular flexibility index (Phi) is 6.49. The molecule has 0 radical (unpaired) electrons. The first-order chi connectivity index (χ1) is 12.2. The zero-order valence-electron chi connectivity index (χ0n) is 14.5. The fourth-order valence-corrected chi connectivity index (χ4v) is 1.75. The number of esters is 1. The van der Waals surface area contributed by atoms with Crippen LogP contribution in [0.5, 0.6) is 0 Å². The van der Waals surface area contributed by atoms with Crippen molar-refractivity contribution in [3.8, 4) is 0 Å². The quantitative estimate of drug-likeness (QED) is 0.449. The summed E-state index contributed by atoms with van der Waals surface area (Å²) in [6.07, 6.45) is -5.22. The number of hydrogen-bond acceptors (Lipinski definition) is 6. The second kappa shape index (κ2) is 8.01. The Bertz CT molecular complexity index is 777. The SMILES string of the molecule is CC(C)(C)OC(=O)CNC(=O)c1cc(NC(=O)C(F)(F)F)cc([N+](=O)[O-])c1.[HH]. The summed E-state index contributed by atoms with van der Waals surface area (Å²) in [6, 6.07) is 2.25. The van der Waals surface area contributed by atoms with Gasteiger partial charge in [-0.1, -0.05) is 0 Å². The van der Waals surface area contributed by atoms with E-state index in [4.69, 9.17) is 4.74 Å². The number of nitro groups is 1. The minimum atomic E-state index is -5.22. The van der Waals surface area contributed by atoms with Gasteiger partial charge in [0.25, 0.3) is 11.6 Å². The zero-order chi connectivity index (χ0) is 21.0. The van der Waals surface area contributed by atoms with E-state index in [1.165, 1.54) is 5.32 Å². The van der Waals surface area contributed by atoms with E-state index in [1.54, 1.807) is 20.8 Å². The van der Waals surface area contributed by atoms with E-state index >= 15 is 0 Å². The number of carbonyl (C=O) groups is 3. The minimum absolute atomic E-state index is 0. The van der Waals surface area contributed by atoms with Gasteiger partial charge in [-0.25, -0.2) is 0 Å². The summed E-state index contributed by atoms with van der Waals surface area (Å²) in [5.41, 5.74) is -2.56. The average Bonchev–Trinajstić information content (AvgIpc) is 2.49. The lowest BCUT2D eigenvalue weighted by molar-refractivity contribution is -0.384. The van der Waals surface area contributed by atoms with Gasteiger partial charge in [-0.3, -0.25) is 24.5 Å². The second-order valence-corrected chi connectivity index (χ2v) is 6.25. The lowest BCUT2D eigenvalue weighted by Crippen LogP contribution is -2.34. The summed E-state index contributed by atoms with van der Waals surface area (Å²) in [7, 11) is 0. The number of nitro benzene ring substituents is 1. The number of hydrogen-bond donors (Lipinski definition) is 2. The van der Waals surface area contributed by atoms with Gasteiger partial charge in [0.1, 0.15) is 12.1 Å². The molecular weight excluding hydrogens is 375 g/mol.